The van der Waals surface area contributed by atoms with E-state index < -0.39 is 0 Å². The zero-order chi connectivity index (χ0) is 17.2. The maximum Gasteiger partial charge on any atom is 0.226 e. The van der Waals surface area contributed by atoms with Crippen molar-refractivity contribution in [2.24, 2.45) is 0 Å². The molecule has 1 aromatic carbocycles. The third kappa shape index (κ3) is 4.82. The Kier molecular flexibility index (Phi) is 5.53. The third-order valence-corrected chi connectivity index (χ3v) is 4.67. The van der Waals surface area contributed by atoms with E-state index in [9.17, 15) is 4.79 Å². The van der Waals surface area contributed by atoms with Gasteiger partial charge in [-0.1, -0.05) is 17.7 Å². The molecule has 23 heavy (non-hydrogen) atoms. The standard InChI is InChI=1S/C17H24ClN3OS/c1-11-5-6-13(18)9-14(11)19-15(22)7-8-21-12(2)10-17(3,4)20-16(21)23/h5-6,9,12H,7-8,10H2,1-4H3,(H,19,22)(H,20,23)/t12-/m0/s1. The molecule has 0 saturated carbocycles. The predicted molar refractivity (Wildman–Crippen MR) is 100 cm³/mol. The van der Waals surface area contributed by atoms with Crippen LogP contribution >= 0.6 is 23.8 Å². The van der Waals surface area contributed by atoms with E-state index in [0.717, 1.165) is 22.8 Å². The number of thiocarbonyl (C=S) groups is 1. The Morgan fingerprint density at radius 2 is 2.22 bits per heavy atom. The molecule has 1 atom stereocenters. The van der Waals surface area contributed by atoms with Crippen LogP contribution in [0.1, 0.15) is 39.2 Å². The lowest BCUT2D eigenvalue weighted by molar-refractivity contribution is -0.116. The Hall–Kier alpha value is -1.33. The summed E-state index contributed by atoms with van der Waals surface area (Å²) in [6, 6.07) is 5.80. The summed E-state index contributed by atoms with van der Waals surface area (Å²) in [5.74, 6) is -0.0322. The highest BCUT2D eigenvalue weighted by Gasteiger charge is 2.32. The monoisotopic (exact) mass is 353 g/mol. The summed E-state index contributed by atoms with van der Waals surface area (Å²) >= 11 is 11.4. The van der Waals surface area contributed by atoms with Crippen molar-refractivity contribution in [1.82, 2.24) is 10.2 Å². The highest BCUT2D eigenvalue weighted by molar-refractivity contribution is 7.80. The van der Waals surface area contributed by atoms with E-state index in [1.807, 2.05) is 19.1 Å². The molecule has 2 rings (SSSR count). The van der Waals surface area contributed by atoms with E-state index in [4.69, 9.17) is 23.8 Å². The fourth-order valence-corrected chi connectivity index (χ4v) is 3.67. The van der Waals surface area contributed by atoms with Crippen molar-refractivity contribution in [3.05, 3.63) is 28.8 Å². The van der Waals surface area contributed by atoms with Crippen molar-refractivity contribution in [3.8, 4) is 0 Å². The van der Waals surface area contributed by atoms with Gasteiger partial charge < -0.3 is 15.5 Å². The largest absolute Gasteiger partial charge is 0.358 e. The first kappa shape index (κ1) is 18.0. The molecule has 0 spiro atoms. The first-order chi connectivity index (χ1) is 10.7. The fourth-order valence-electron chi connectivity index (χ4n) is 2.95. The van der Waals surface area contributed by atoms with Crippen LogP contribution in [0.15, 0.2) is 18.2 Å². The molecule has 1 saturated heterocycles. The van der Waals surface area contributed by atoms with Crippen molar-refractivity contribution in [2.75, 3.05) is 11.9 Å². The number of aryl methyl sites for hydroxylation is 1. The average molecular weight is 354 g/mol. The number of nitrogens with zero attached hydrogens (tertiary/aromatic N) is 1. The zero-order valence-electron chi connectivity index (χ0n) is 14.1. The van der Waals surface area contributed by atoms with Crippen LogP contribution in [0.2, 0.25) is 5.02 Å². The molecule has 0 radical (unpaired) electrons. The van der Waals surface area contributed by atoms with Crippen molar-refractivity contribution in [2.45, 2.75) is 52.1 Å². The molecule has 0 aliphatic carbocycles. The molecule has 6 heteroatoms. The molecule has 0 unspecified atom stereocenters. The maximum atomic E-state index is 12.2. The van der Waals surface area contributed by atoms with Gasteiger partial charge in [0.2, 0.25) is 5.91 Å². The first-order valence-electron chi connectivity index (χ1n) is 7.83. The Morgan fingerprint density at radius 3 is 2.87 bits per heavy atom. The Labute approximate surface area is 148 Å². The zero-order valence-corrected chi connectivity index (χ0v) is 15.6. The summed E-state index contributed by atoms with van der Waals surface area (Å²) in [6.07, 6.45) is 1.38. The molecule has 1 aromatic rings. The number of halogens is 1. The molecular formula is C17H24ClN3OS. The van der Waals surface area contributed by atoms with E-state index in [0.29, 0.717) is 24.0 Å². The number of anilines is 1. The summed E-state index contributed by atoms with van der Waals surface area (Å²) in [7, 11) is 0. The number of hydrogen-bond acceptors (Lipinski definition) is 2. The fraction of sp³-hybridized carbons (Fsp3) is 0.529. The van der Waals surface area contributed by atoms with Gasteiger partial charge >= 0.3 is 0 Å². The summed E-state index contributed by atoms with van der Waals surface area (Å²) in [5.41, 5.74) is 1.76. The number of hydrogen-bond donors (Lipinski definition) is 2. The van der Waals surface area contributed by atoms with Crippen LogP contribution in [0.4, 0.5) is 5.69 Å². The number of carbonyl (C=O) groups is 1. The van der Waals surface area contributed by atoms with Crippen LogP contribution in [0, 0.1) is 6.92 Å². The minimum absolute atomic E-state index is 0.00710. The van der Waals surface area contributed by atoms with Crippen molar-refractivity contribution < 1.29 is 4.79 Å². The quantitative estimate of drug-likeness (QED) is 0.810. The van der Waals surface area contributed by atoms with Gasteiger partial charge in [0.15, 0.2) is 5.11 Å². The number of benzene rings is 1. The number of carbonyl (C=O) groups excluding carboxylic acids is 1. The van der Waals surface area contributed by atoms with Gasteiger partial charge in [0.1, 0.15) is 0 Å². The van der Waals surface area contributed by atoms with E-state index in [1.54, 1.807) is 6.07 Å². The highest BCUT2D eigenvalue weighted by atomic mass is 35.5. The van der Waals surface area contributed by atoms with Crippen LogP contribution in [0.25, 0.3) is 0 Å². The van der Waals surface area contributed by atoms with Crippen molar-refractivity contribution >= 4 is 40.5 Å². The second-order valence-electron chi connectivity index (χ2n) is 6.82. The van der Waals surface area contributed by atoms with E-state index in [1.165, 1.54) is 0 Å². The van der Waals surface area contributed by atoms with Gasteiger partial charge in [-0.25, -0.2) is 0 Å². The Bertz CT molecular complexity index is 618. The molecule has 1 amide bonds. The van der Waals surface area contributed by atoms with Gasteiger partial charge in [0, 0.05) is 35.3 Å². The van der Waals surface area contributed by atoms with Gasteiger partial charge in [-0.2, -0.15) is 0 Å². The van der Waals surface area contributed by atoms with Gasteiger partial charge in [-0.15, -0.1) is 0 Å². The van der Waals surface area contributed by atoms with Crippen LogP contribution in [-0.2, 0) is 4.79 Å². The number of nitrogens with one attached hydrogen (secondary N) is 2. The molecule has 0 bridgehead atoms. The summed E-state index contributed by atoms with van der Waals surface area (Å²) in [5, 5.41) is 7.59. The van der Waals surface area contributed by atoms with Gasteiger partial charge in [0.25, 0.3) is 0 Å². The SMILES string of the molecule is Cc1ccc(Cl)cc1NC(=O)CCN1C(=S)NC(C)(C)C[C@@H]1C. The Balaban J connectivity index is 1.92. The van der Waals surface area contributed by atoms with Gasteiger partial charge in [-0.3, -0.25) is 4.79 Å². The average Bonchev–Trinajstić information content (AvgIpc) is 2.40. The highest BCUT2D eigenvalue weighted by Crippen LogP contribution is 2.23. The van der Waals surface area contributed by atoms with E-state index in [-0.39, 0.29) is 11.4 Å². The van der Waals surface area contributed by atoms with Gasteiger partial charge in [-0.05, 0) is 64.0 Å². The second kappa shape index (κ2) is 7.05. The van der Waals surface area contributed by atoms with Crippen LogP contribution in [-0.4, -0.2) is 34.0 Å². The van der Waals surface area contributed by atoms with E-state index in [2.05, 4.69) is 36.3 Å². The van der Waals surface area contributed by atoms with Gasteiger partial charge in [0.05, 0.1) is 0 Å². The summed E-state index contributed by atoms with van der Waals surface area (Å²) in [4.78, 5) is 14.3. The topological polar surface area (TPSA) is 44.4 Å². The lowest BCUT2D eigenvalue weighted by atomic mass is 9.93. The lowest BCUT2D eigenvalue weighted by Crippen LogP contribution is -2.60. The molecular weight excluding hydrogens is 330 g/mol. The normalized spacial score (nSPS) is 20.1. The van der Waals surface area contributed by atoms with Crippen LogP contribution in [0.5, 0.6) is 0 Å². The minimum Gasteiger partial charge on any atom is -0.358 e. The molecule has 1 heterocycles. The molecule has 4 nitrogen and oxygen atoms in total. The first-order valence-corrected chi connectivity index (χ1v) is 8.61. The van der Waals surface area contributed by atoms with Crippen LogP contribution in [0.3, 0.4) is 0 Å². The second-order valence-corrected chi connectivity index (χ2v) is 7.64. The maximum absolute atomic E-state index is 12.2. The smallest absolute Gasteiger partial charge is 0.226 e. The molecule has 126 valence electrons. The minimum atomic E-state index is -0.0322. The van der Waals surface area contributed by atoms with E-state index >= 15 is 0 Å². The molecule has 0 aromatic heterocycles. The van der Waals surface area contributed by atoms with Crippen molar-refractivity contribution in [3.63, 3.8) is 0 Å². The lowest BCUT2D eigenvalue weighted by Gasteiger charge is -2.44. The van der Waals surface area contributed by atoms with Crippen LogP contribution < -0.4 is 10.6 Å². The summed E-state index contributed by atoms with van der Waals surface area (Å²) < 4.78 is 0. The predicted octanol–water partition coefficient (Wildman–Crippen LogP) is 3.72. The molecule has 2 N–H and O–H groups in total. The number of amides is 1. The summed E-state index contributed by atoms with van der Waals surface area (Å²) in [6.45, 7) is 8.98. The molecule has 1 aliphatic rings. The Morgan fingerprint density at radius 1 is 1.52 bits per heavy atom. The molecule has 1 fully saturated rings. The third-order valence-electron chi connectivity index (χ3n) is 4.10. The molecule has 1 aliphatic heterocycles. The van der Waals surface area contributed by atoms with Crippen molar-refractivity contribution in [1.29, 1.82) is 0 Å². The number of rotatable bonds is 4.